The highest BCUT2D eigenvalue weighted by Gasteiger charge is 2.64. The third-order valence-electron chi connectivity index (χ3n) is 6.62. The van der Waals surface area contributed by atoms with Crippen molar-refractivity contribution in [3.8, 4) is 0 Å². The van der Waals surface area contributed by atoms with Crippen LogP contribution in [0.15, 0.2) is 52.1 Å². The number of ether oxygens (including phenoxy) is 3. The van der Waals surface area contributed by atoms with Gasteiger partial charge in [-0.3, -0.25) is 4.57 Å². The van der Waals surface area contributed by atoms with E-state index in [4.69, 9.17) is 24.5 Å². The molecule has 2 aliphatic rings. The van der Waals surface area contributed by atoms with Gasteiger partial charge in [0.05, 0.1) is 6.10 Å². The normalized spacial score (nSPS) is 30.3. The van der Waals surface area contributed by atoms with Gasteiger partial charge in [0.2, 0.25) is 0 Å². The molecule has 222 valence electrons. The van der Waals surface area contributed by atoms with Gasteiger partial charge < -0.3 is 35.1 Å². The number of nitrogens with two attached hydrogens (primary N) is 1. The van der Waals surface area contributed by atoms with Crippen LogP contribution in [0.25, 0.3) is 6.08 Å². The van der Waals surface area contributed by atoms with Crippen molar-refractivity contribution >= 4 is 26.0 Å². The molecule has 1 saturated heterocycles. The smallest absolute Gasteiger partial charge is 0.351 e. The van der Waals surface area contributed by atoms with Crippen molar-refractivity contribution in [1.29, 1.82) is 0 Å². The largest absolute Gasteiger partial charge is 0.583 e. The number of halogens is 1. The third-order valence-corrected chi connectivity index (χ3v) is 7.60. The predicted molar refractivity (Wildman–Crippen MR) is 142 cm³/mol. The molecule has 4 N–H and O–H groups in total. The van der Waals surface area contributed by atoms with Gasteiger partial charge in [0, 0.05) is 18.2 Å². The number of hydrogen-bond acceptors (Lipinski definition) is 12. The number of alkyl halides is 1. The van der Waals surface area contributed by atoms with Crippen LogP contribution in [-0.4, -0.2) is 62.0 Å². The van der Waals surface area contributed by atoms with Crippen LogP contribution in [0.4, 0.5) is 10.2 Å². The Morgan fingerprint density at radius 3 is 2.76 bits per heavy atom. The number of nitrogens with zero attached hydrogens (tertiary/aromatic N) is 3. The van der Waals surface area contributed by atoms with Crippen LogP contribution in [-0.2, 0) is 29.3 Å². The van der Waals surface area contributed by atoms with Crippen LogP contribution in [0.5, 0.6) is 0 Å². The van der Waals surface area contributed by atoms with Crippen molar-refractivity contribution in [2.45, 2.75) is 75.8 Å². The van der Waals surface area contributed by atoms with E-state index in [2.05, 4.69) is 9.73 Å². The molecule has 0 spiro atoms. The molecule has 15 heteroatoms. The van der Waals surface area contributed by atoms with Crippen molar-refractivity contribution in [1.82, 2.24) is 9.55 Å². The fourth-order valence-electron chi connectivity index (χ4n) is 4.57. The Balaban J connectivity index is 1.64. The number of esters is 1. The van der Waals surface area contributed by atoms with Gasteiger partial charge in [-0.05, 0) is 39.3 Å². The number of rotatable bonds is 9. The monoisotopic (exact) mass is 594 g/mol. The molecule has 0 radical (unpaired) electrons. The summed E-state index contributed by atoms with van der Waals surface area (Å²) in [6.07, 6.45) is 0.176. The maximum Gasteiger partial charge on any atom is 0.351 e. The first kappa shape index (κ1) is 30.8. The van der Waals surface area contributed by atoms with Crippen molar-refractivity contribution in [3.63, 3.8) is 0 Å². The number of nitrogen functional groups attached to an aromatic ring is 1. The highest BCUT2D eigenvalue weighted by Crippen LogP contribution is 2.48. The quantitative estimate of drug-likeness (QED) is 0.217. The van der Waals surface area contributed by atoms with Gasteiger partial charge in [-0.1, -0.05) is 41.2 Å². The maximum atomic E-state index is 16.3. The molecule has 41 heavy (non-hydrogen) atoms. The number of aliphatic hydroxyl groups excluding tert-OH is 1. The van der Waals surface area contributed by atoms with E-state index < -0.39 is 68.2 Å². The number of aromatic nitrogens is 2. The van der Waals surface area contributed by atoms with E-state index in [1.807, 2.05) is 0 Å². The van der Waals surface area contributed by atoms with Crippen LogP contribution in [0.2, 0.25) is 0 Å². The lowest BCUT2D eigenvalue weighted by atomic mass is 9.91. The molecule has 1 aliphatic carbocycles. The molecular weight excluding hydrogens is 562 g/mol. The summed E-state index contributed by atoms with van der Waals surface area (Å²) in [7, 11) is -2.92. The number of aliphatic hydroxyl groups is 2. The molecule has 1 aromatic heterocycles. The number of anilines is 1. The lowest BCUT2D eigenvalue weighted by Gasteiger charge is -2.35. The second-order valence-electron chi connectivity index (χ2n) is 10.3. The highest BCUT2D eigenvalue weighted by molar-refractivity contribution is 7.33. The summed E-state index contributed by atoms with van der Waals surface area (Å²) in [6, 6.07) is 6.87. The predicted octanol–water partition coefficient (Wildman–Crippen LogP) is 1.63. The van der Waals surface area contributed by atoms with Crippen molar-refractivity contribution in [2.75, 3.05) is 12.3 Å². The lowest BCUT2D eigenvalue weighted by molar-refractivity contribution is -0.286. The molecule has 1 fully saturated rings. The van der Waals surface area contributed by atoms with Crippen molar-refractivity contribution in [3.05, 3.63) is 64.2 Å². The molecule has 2 heterocycles. The van der Waals surface area contributed by atoms with E-state index in [0.29, 0.717) is 11.1 Å². The Bertz CT molecular complexity index is 1420. The minimum Gasteiger partial charge on any atom is -0.583 e. The maximum absolute atomic E-state index is 16.3. The van der Waals surface area contributed by atoms with Gasteiger partial charge in [-0.2, -0.15) is 4.98 Å². The van der Waals surface area contributed by atoms with Gasteiger partial charge in [0.15, 0.2) is 12.3 Å². The Kier molecular flexibility index (Phi) is 8.76. The van der Waals surface area contributed by atoms with Crippen LogP contribution in [0.3, 0.4) is 0 Å². The third kappa shape index (κ3) is 6.24. The Morgan fingerprint density at radius 1 is 1.37 bits per heavy atom. The standard InChI is InChI=1S/C26H32FN4O9P/c1-15(2)38-20(32)16(3)30-41(36)40-26(12-7-9-17-8-5-6-10-18(17)26)37-14-25(27)21(33)24(4,35)22(39-25)31-13-11-19(28)29-23(31)34/h5-11,13,15-16,21-22,33,35H,12,14H2,1-4H3,(H2,28,29,34)/t16-,21-,22+,24+,25+,26?/m0/s1. The zero-order valence-electron chi connectivity index (χ0n) is 22.8. The first-order valence-corrected chi connectivity index (χ1v) is 13.9. The summed E-state index contributed by atoms with van der Waals surface area (Å²) in [5.74, 6) is -5.78. The Labute approximate surface area is 236 Å². The SMILES string of the molecule is CC(C)OC(=O)[C@H](C)N=[P+]([O-])OC1(OC[C@@]2(F)O[C@@H](n3ccc(N)nc3=O)[C@](C)(O)[C@@H]2O)CC=Cc2ccccc21. The zero-order chi connectivity index (χ0) is 30.2. The van der Waals surface area contributed by atoms with E-state index in [-0.39, 0.29) is 12.2 Å². The van der Waals surface area contributed by atoms with Crippen LogP contribution >= 0.6 is 8.17 Å². The van der Waals surface area contributed by atoms with Crippen LogP contribution in [0, 0.1) is 0 Å². The highest BCUT2D eigenvalue weighted by atomic mass is 31.1. The lowest BCUT2D eigenvalue weighted by Crippen LogP contribution is -2.51. The van der Waals surface area contributed by atoms with E-state index in [9.17, 15) is 24.7 Å². The molecule has 13 nitrogen and oxygen atoms in total. The number of benzene rings is 1. The van der Waals surface area contributed by atoms with Gasteiger partial charge in [0.1, 0.15) is 24.1 Å². The summed E-state index contributed by atoms with van der Waals surface area (Å²) in [5.41, 5.74) is 3.24. The minimum absolute atomic E-state index is 0.0568. The fraction of sp³-hybridized carbons (Fsp3) is 0.500. The first-order chi connectivity index (χ1) is 19.2. The summed E-state index contributed by atoms with van der Waals surface area (Å²) >= 11 is 0. The minimum atomic E-state index is -3.07. The van der Waals surface area contributed by atoms with Gasteiger partial charge in [-0.15, -0.1) is 4.52 Å². The van der Waals surface area contributed by atoms with Gasteiger partial charge >= 0.3 is 19.8 Å². The molecule has 1 aromatic carbocycles. The topological polar surface area (TPSA) is 191 Å². The molecule has 0 amide bonds. The molecule has 0 bridgehead atoms. The molecule has 0 saturated carbocycles. The molecule has 4 rings (SSSR count). The van der Waals surface area contributed by atoms with E-state index in [1.165, 1.54) is 13.0 Å². The zero-order valence-corrected chi connectivity index (χ0v) is 23.7. The number of hydrogen-bond donors (Lipinski definition) is 3. The average molecular weight is 595 g/mol. The average Bonchev–Trinajstić information content (AvgIpc) is 3.07. The second kappa shape index (κ2) is 11.6. The van der Waals surface area contributed by atoms with Crippen molar-refractivity contribution < 1.29 is 43.0 Å². The molecule has 7 atom stereocenters. The number of carbonyl (C=O) groups excluding carboxylic acids is 1. The molecule has 2 aromatic rings. The number of fused-ring (bicyclic) bond motifs is 1. The van der Waals surface area contributed by atoms with Crippen molar-refractivity contribution in [2.24, 2.45) is 4.74 Å². The van der Waals surface area contributed by atoms with Crippen LogP contribution < -0.4 is 16.3 Å². The first-order valence-electron chi connectivity index (χ1n) is 12.8. The summed E-state index contributed by atoms with van der Waals surface area (Å²) in [5, 5.41) is 21.8. The molecule has 1 aliphatic heterocycles. The van der Waals surface area contributed by atoms with E-state index >= 15 is 4.39 Å². The van der Waals surface area contributed by atoms with E-state index in [1.54, 1.807) is 50.3 Å². The van der Waals surface area contributed by atoms with Crippen LogP contribution in [0.1, 0.15) is 51.5 Å². The Morgan fingerprint density at radius 2 is 2.07 bits per heavy atom. The summed E-state index contributed by atoms with van der Waals surface area (Å²) in [4.78, 5) is 41.2. The summed E-state index contributed by atoms with van der Waals surface area (Å²) in [6.45, 7) is 4.76. The van der Waals surface area contributed by atoms with Gasteiger partial charge in [0.25, 0.3) is 11.6 Å². The number of carbonyl (C=O) groups is 1. The molecular formula is C26H32FN4O9P. The second-order valence-corrected chi connectivity index (χ2v) is 11.2. The Hall–Kier alpha value is -3.10. The fourth-order valence-corrected chi connectivity index (χ4v) is 5.47. The van der Waals surface area contributed by atoms with E-state index in [0.717, 1.165) is 17.7 Å². The molecule has 2 unspecified atom stereocenters. The van der Waals surface area contributed by atoms with Gasteiger partial charge in [-0.25, -0.2) is 14.0 Å². The summed E-state index contributed by atoms with van der Waals surface area (Å²) < 4.78 is 43.2.